The zero-order valence-corrected chi connectivity index (χ0v) is 14.6. The number of aldehydes is 1. The Morgan fingerprint density at radius 3 is 2.71 bits per heavy atom. The lowest BCUT2D eigenvalue weighted by molar-refractivity contribution is -0.107. The van der Waals surface area contributed by atoms with Crippen LogP contribution in [0, 0.1) is 0 Å². The number of carbonyl (C=O) groups is 2. The lowest BCUT2D eigenvalue weighted by Crippen LogP contribution is -2.28. The molecule has 0 aliphatic carbocycles. The van der Waals surface area contributed by atoms with Crippen molar-refractivity contribution in [3.8, 4) is 0 Å². The molecule has 0 aliphatic rings. The summed E-state index contributed by atoms with van der Waals surface area (Å²) in [5.41, 5.74) is 0.649. The summed E-state index contributed by atoms with van der Waals surface area (Å²) < 4.78 is 6.97. The number of carbonyl (C=O) groups excluding carboxylic acids is 2. The zero-order chi connectivity index (χ0) is 17.6. The zero-order valence-electron chi connectivity index (χ0n) is 14.6. The summed E-state index contributed by atoms with van der Waals surface area (Å²) in [7, 11) is 0. The van der Waals surface area contributed by atoms with E-state index in [1.165, 1.54) is 4.57 Å². The first kappa shape index (κ1) is 18.1. The summed E-state index contributed by atoms with van der Waals surface area (Å²) in [6, 6.07) is 3.65. The third-order valence-corrected chi connectivity index (χ3v) is 3.53. The van der Waals surface area contributed by atoms with Crippen molar-refractivity contribution in [3.63, 3.8) is 0 Å². The van der Waals surface area contributed by atoms with E-state index in [0.717, 1.165) is 32.0 Å². The van der Waals surface area contributed by atoms with Crippen LogP contribution in [0.5, 0.6) is 0 Å². The van der Waals surface area contributed by atoms with Gasteiger partial charge in [-0.25, -0.2) is 19.3 Å². The number of ether oxygens (including phenoxy) is 1. The number of hydrogen-bond donors (Lipinski definition) is 0. The van der Waals surface area contributed by atoms with Crippen molar-refractivity contribution in [1.82, 2.24) is 14.5 Å². The molecule has 2 aromatic rings. The first-order valence-corrected chi connectivity index (χ1v) is 8.42. The van der Waals surface area contributed by atoms with Crippen LogP contribution in [0.2, 0.25) is 0 Å². The van der Waals surface area contributed by atoms with Crippen LogP contribution in [0.25, 0.3) is 11.2 Å². The van der Waals surface area contributed by atoms with Gasteiger partial charge in [-0.05, 0) is 45.7 Å². The first-order chi connectivity index (χ1) is 11.4. The fraction of sp³-hybridized carbons (Fsp3) is 0.556. The molecule has 0 saturated carbocycles. The highest BCUT2D eigenvalue weighted by molar-refractivity contribution is 5.85. The minimum atomic E-state index is -0.575. The fourth-order valence-corrected chi connectivity index (χ4v) is 2.49. The average molecular weight is 331 g/mol. The molecule has 24 heavy (non-hydrogen) atoms. The van der Waals surface area contributed by atoms with Crippen LogP contribution in [0.3, 0.4) is 0 Å². The molecule has 6 heteroatoms. The van der Waals surface area contributed by atoms with Crippen LogP contribution in [0.15, 0.2) is 18.3 Å². The van der Waals surface area contributed by atoms with E-state index in [1.54, 1.807) is 12.3 Å². The molecule has 0 spiro atoms. The van der Waals surface area contributed by atoms with E-state index < -0.39 is 11.7 Å². The molecule has 2 rings (SSSR count). The molecule has 0 aliphatic heterocycles. The minimum absolute atomic E-state index is 0.445. The Balaban J connectivity index is 2.14. The van der Waals surface area contributed by atoms with Crippen LogP contribution >= 0.6 is 0 Å². The first-order valence-electron chi connectivity index (χ1n) is 8.42. The van der Waals surface area contributed by atoms with Crippen LogP contribution in [-0.2, 0) is 16.0 Å². The molecule has 0 saturated heterocycles. The Morgan fingerprint density at radius 1 is 1.25 bits per heavy atom. The maximum Gasteiger partial charge on any atom is 0.421 e. The van der Waals surface area contributed by atoms with Gasteiger partial charge in [0.2, 0.25) is 0 Å². The Bertz CT molecular complexity index is 701. The predicted octanol–water partition coefficient (Wildman–Crippen LogP) is 3.91. The molecule has 0 radical (unpaired) electrons. The van der Waals surface area contributed by atoms with E-state index in [2.05, 4.69) is 9.97 Å². The minimum Gasteiger partial charge on any atom is -0.443 e. The maximum atomic E-state index is 12.6. The van der Waals surface area contributed by atoms with Gasteiger partial charge in [0.1, 0.15) is 23.2 Å². The lowest BCUT2D eigenvalue weighted by atomic mass is 10.1. The lowest BCUT2D eigenvalue weighted by Gasteiger charge is -2.20. The van der Waals surface area contributed by atoms with Crippen molar-refractivity contribution in [2.75, 3.05) is 0 Å². The Hall–Kier alpha value is -2.24. The van der Waals surface area contributed by atoms with Gasteiger partial charge >= 0.3 is 6.09 Å². The van der Waals surface area contributed by atoms with Gasteiger partial charge in [0, 0.05) is 19.0 Å². The predicted molar refractivity (Wildman–Crippen MR) is 92.0 cm³/mol. The molecular weight excluding hydrogens is 306 g/mol. The number of nitrogens with zero attached hydrogens (tertiary/aromatic N) is 3. The molecule has 130 valence electrons. The summed E-state index contributed by atoms with van der Waals surface area (Å²) in [5, 5.41) is 0. The van der Waals surface area contributed by atoms with E-state index in [-0.39, 0.29) is 0 Å². The van der Waals surface area contributed by atoms with Gasteiger partial charge in [-0.2, -0.15) is 0 Å². The van der Waals surface area contributed by atoms with Crippen LogP contribution in [-0.4, -0.2) is 32.5 Å². The molecule has 2 aromatic heterocycles. The van der Waals surface area contributed by atoms with Gasteiger partial charge in [-0.1, -0.05) is 12.8 Å². The Morgan fingerprint density at radius 2 is 2.00 bits per heavy atom. The highest BCUT2D eigenvalue weighted by Crippen LogP contribution is 2.19. The molecule has 6 nitrogen and oxygen atoms in total. The SMILES string of the molecule is CC(C)(C)OC(=O)n1c(CCCCCCC=O)nc2cccnc21. The number of unbranched alkanes of at least 4 members (excludes halogenated alkanes) is 4. The van der Waals surface area contributed by atoms with E-state index in [1.807, 2.05) is 26.8 Å². The molecule has 0 aromatic carbocycles. The molecule has 0 unspecified atom stereocenters. The van der Waals surface area contributed by atoms with Gasteiger partial charge in [0.15, 0.2) is 5.65 Å². The quantitative estimate of drug-likeness (QED) is 0.568. The topological polar surface area (TPSA) is 74.1 Å². The maximum absolute atomic E-state index is 12.6. The molecule has 0 fully saturated rings. The summed E-state index contributed by atoms with van der Waals surface area (Å²) in [6.07, 6.45) is 7.26. The van der Waals surface area contributed by atoms with Crippen molar-refractivity contribution >= 4 is 23.5 Å². The largest absolute Gasteiger partial charge is 0.443 e. The number of aromatic nitrogens is 3. The molecule has 2 heterocycles. The van der Waals surface area contributed by atoms with Gasteiger partial charge in [-0.3, -0.25) is 0 Å². The van der Waals surface area contributed by atoms with Crippen LogP contribution < -0.4 is 0 Å². The fourth-order valence-electron chi connectivity index (χ4n) is 2.49. The second-order valence-corrected chi connectivity index (χ2v) is 6.81. The number of pyridine rings is 1. The normalized spacial score (nSPS) is 11.6. The number of hydrogen-bond acceptors (Lipinski definition) is 5. The van der Waals surface area contributed by atoms with Gasteiger partial charge < -0.3 is 9.53 Å². The van der Waals surface area contributed by atoms with Gasteiger partial charge in [-0.15, -0.1) is 0 Å². The average Bonchev–Trinajstić information content (AvgIpc) is 2.87. The van der Waals surface area contributed by atoms with Gasteiger partial charge in [0.05, 0.1) is 0 Å². The summed E-state index contributed by atoms with van der Waals surface area (Å²) >= 11 is 0. The van der Waals surface area contributed by atoms with E-state index in [0.29, 0.717) is 29.8 Å². The van der Waals surface area contributed by atoms with Crippen molar-refractivity contribution in [3.05, 3.63) is 24.2 Å². The summed E-state index contributed by atoms with van der Waals surface area (Å²) in [6.45, 7) is 5.51. The van der Waals surface area contributed by atoms with Gasteiger partial charge in [0.25, 0.3) is 0 Å². The molecular formula is C18H25N3O3. The van der Waals surface area contributed by atoms with Crippen molar-refractivity contribution in [2.45, 2.75) is 64.9 Å². The van der Waals surface area contributed by atoms with Crippen LogP contribution in [0.1, 0.15) is 58.7 Å². The highest BCUT2D eigenvalue weighted by atomic mass is 16.6. The van der Waals surface area contributed by atoms with Crippen molar-refractivity contribution in [1.29, 1.82) is 0 Å². The van der Waals surface area contributed by atoms with E-state index in [4.69, 9.17) is 4.74 Å². The second kappa shape index (κ2) is 8.04. The third-order valence-electron chi connectivity index (χ3n) is 3.53. The third kappa shape index (κ3) is 4.88. The monoisotopic (exact) mass is 331 g/mol. The number of rotatable bonds is 7. The van der Waals surface area contributed by atoms with Crippen LogP contribution in [0.4, 0.5) is 4.79 Å². The van der Waals surface area contributed by atoms with E-state index >= 15 is 0 Å². The molecule has 0 atom stereocenters. The standard InChI is InChI=1S/C18H25N3O3/c1-18(2,3)24-17(23)21-15(11-7-5-4-6-8-13-22)20-14-10-9-12-19-16(14)21/h9-10,12-13H,4-8,11H2,1-3H3. The molecule has 0 bridgehead atoms. The number of aryl methyl sites for hydroxylation is 1. The highest BCUT2D eigenvalue weighted by Gasteiger charge is 2.23. The second-order valence-electron chi connectivity index (χ2n) is 6.81. The van der Waals surface area contributed by atoms with E-state index in [9.17, 15) is 9.59 Å². The summed E-state index contributed by atoms with van der Waals surface area (Å²) in [5.74, 6) is 0.674. The summed E-state index contributed by atoms with van der Waals surface area (Å²) in [4.78, 5) is 31.7. The molecule has 0 N–H and O–H groups in total. The number of fused-ring (bicyclic) bond motifs is 1. The smallest absolute Gasteiger partial charge is 0.421 e. The number of imidazole rings is 1. The van der Waals surface area contributed by atoms with Crippen molar-refractivity contribution in [2.24, 2.45) is 0 Å². The Kier molecular flexibility index (Phi) is 6.06. The molecule has 0 amide bonds. The Labute approximate surface area is 142 Å². The van der Waals surface area contributed by atoms with Crippen molar-refractivity contribution < 1.29 is 14.3 Å².